The van der Waals surface area contributed by atoms with Gasteiger partial charge < -0.3 is 10.0 Å². The Morgan fingerprint density at radius 2 is 2.00 bits per heavy atom. The lowest BCUT2D eigenvalue weighted by molar-refractivity contribution is 0.145. The fourth-order valence-electron chi connectivity index (χ4n) is 0.982. The van der Waals surface area contributed by atoms with Gasteiger partial charge in [-0.1, -0.05) is 6.92 Å². The number of likely N-dealkylation sites (N-methyl/N-ethyl adjacent to an activating group) is 1. The summed E-state index contributed by atoms with van der Waals surface area (Å²) in [4.78, 5) is 1.82. The molecule has 1 unspecified atom stereocenters. The Morgan fingerprint density at radius 3 is 2.38 bits per heavy atom. The van der Waals surface area contributed by atoms with Crippen LogP contribution in [0.2, 0.25) is 0 Å². The molecule has 13 heavy (non-hydrogen) atoms. The second kappa shape index (κ2) is 5.57. The van der Waals surface area contributed by atoms with Gasteiger partial charge in [-0.3, -0.25) is 0 Å². The maximum atomic E-state index is 11.1. The number of sulfone groups is 1. The lowest BCUT2D eigenvalue weighted by Gasteiger charge is -2.17. The zero-order valence-electron chi connectivity index (χ0n) is 8.52. The van der Waals surface area contributed by atoms with Crippen molar-refractivity contribution in [3.63, 3.8) is 0 Å². The summed E-state index contributed by atoms with van der Waals surface area (Å²) in [5.74, 6) is 0.363. The van der Waals surface area contributed by atoms with E-state index in [1.165, 1.54) is 0 Å². The van der Waals surface area contributed by atoms with Gasteiger partial charge in [0.2, 0.25) is 0 Å². The molecular weight excluding hydrogens is 190 g/mol. The minimum atomic E-state index is -2.87. The van der Waals surface area contributed by atoms with E-state index in [9.17, 15) is 8.42 Å². The second-order valence-electron chi connectivity index (χ2n) is 3.35. The second-order valence-corrected chi connectivity index (χ2v) is 5.82. The van der Waals surface area contributed by atoms with Crippen LogP contribution in [-0.4, -0.2) is 56.2 Å². The standard InChI is InChI=1S/C8H19NO3S/c1-4-13(11,12)6-5-9(3)7-8(2)10/h8,10H,4-7H2,1-3H3. The van der Waals surface area contributed by atoms with Crippen LogP contribution in [0, 0.1) is 0 Å². The third kappa shape index (κ3) is 6.98. The molecule has 0 heterocycles. The van der Waals surface area contributed by atoms with Crippen LogP contribution in [0.1, 0.15) is 13.8 Å². The van der Waals surface area contributed by atoms with Gasteiger partial charge in [-0.05, 0) is 14.0 Å². The Morgan fingerprint density at radius 1 is 1.46 bits per heavy atom. The molecule has 0 amide bonds. The molecule has 0 aromatic carbocycles. The molecule has 0 aromatic rings. The quantitative estimate of drug-likeness (QED) is 0.654. The van der Waals surface area contributed by atoms with Gasteiger partial charge in [0, 0.05) is 18.8 Å². The molecule has 0 spiro atoms. The van der Waals surface area contributed by atoms with Crippen LogP contribution in [-0.2, 0) is 9.84 Å². The molecule has 0 radical (unpaired) electrons. The van der Waals surface area contributed by atoms with Crippen molar-refractivity contribution in [3.8, 4) is 0 Å². The molecule has 0 saturated heterocycles. The Kier molecular flexibility index (Phi) is 5.51. The fraction of sp³-hybridized carbons (Fsp3) is 1.00. The van der Waals surface area contributed by atoms with Crippen LogP contribution in [0.5, 0.6) is 0 Å². The van der Waals surface area contributed by atoms with Crippen LogP contribution < -0.4 is 0 Å². The van der Waals surface area contributed by atoms with Crippen molar-refractivity contribution in [2.75, 3.05) is 31.6 Å². The van der Waals surface area contributed by atoms with Crippen molar-refractivity contribution in [2.24, 2.45) is 0 Å². The number of aliphatic hydroxyl groups is 1. The number of rotatable bonds is 6. The molecule has 0 aromatic heterocycles. The molecule has 80 valence electrons. The summed E-state index contributed by atoms with van der Waals surface area (Å²) < 4.78 is 22.2. The number of hydrogen-bond donors (Lipinski definition) is 1. The third-order valence-corrected chi connectivity index (χ3v) is 3.48. The average Bonchev–Trinajstić information content (AvgIpc) is 2.00. The Labute approximate surface area is 80.5 Å². The summed E-state index contributed by atoms with van der Waals surface area (Å²) in [6, 6.07) is 0. The summed E-state index contributed by atoms with van der Waals surface area (Å²) in [5, 5.41) is 9.02. The van der Waals surface area contributed by atoms with Gasteiger partial charge in [-0.15, -0.1) is 0 Å². The smallest absolute Gasteiger partial charge is 0.151 e. The van der Waals surface area contributed by atoms with Gasteiger partial charge in [0.15, 0.2) is 9.84 Å². The van der Waals surface area contributed by atoms with E-state index in [1.807, 2.05) is 4.90 Å². The Hall–Kier alpha value is -0.130. The lowest BCUT2D eigenvalue weighted by atomic mass is 10.4. The summed E-state index contributed by atoms with van der Waals surface area (Å²) in [5.41, 5.74) is 0. The van der Waals surface area contributed by atoms with Crippen molar-refractivity contribution in [1.29, 1.82) is 0 Å². The van der Waals surface area contributed by atoms with Gasteiger partial charge in [0.25, 0.3) is 0 Å². The first-order chi connectivity index (χ1) is 5.87. The van der Waals surface area contributed by atoms with Crippen LogP contribution >= 0.6 is 0 Å². The molecule has 0 rings (SSSR count). The number of aliphatic hydroxyl groups excluding tert-OH is 1. The first-order valence-corrected chi connectivity index (χ1v) is 6.26. The van der Waals surface area contributed by atoms with Gasteiger partial charge in [0.05, 0.1) is 11.9 Å². The van der Waals surface area contributed by atoms with E-state index >= 15 is 0 Å². The third-order valence-electron chi connectivity index (χ3n) is 1.80. The minimum Gasteiger partial charge on any atom is -0.392 e. The van der Waals surface area contributed by atoms with E-state index < -0.39 is 15.9 Å². The highest BCUT2D eigenvalue weighted by Crippen LogP contribution is 1.93. The topological polar surface area (TPSA) is 57.6 Å². The first kappa shape index (κ1) is 12.9. The molecule has 0 bridgehead atoms. The van der Waals surface area contributed by atoms with E-state index in [2.05, 4.69) is 0 Å². The number of hydrogen-bond acceptors (Lipinski definition) is 4. The van der Waals surface area contributed by atoms with E-state index in [1.54, 1.807) is 20.9 Å². The highest BCUT2D eigenvalue weighted by atomic mass is 32.2. The van der Waals surface area contributed by atoms with Crippen molar-refractivity contribution in [2.45, 2.75) is 20.0 Å². The SMILES string of the molecule is CCS(=O)(=O)CCN(C)CC(C)O. The molecule has 0 aliphatic heterocycles. The maximum absolute atomic E-state index is 11.1. The largest absolute Gasteiger partial charge is 0.392 e. The van der Waals surface area contributed by atoms with E-state index in [-0.39, 0.29) is 11.5 Å². The van der Waals surface area contributed by atoms with E-state index in [4.69, 9.17) is 5.11 Å². The summed E-state index contributed by atoms with van der Waals surface area (Å²) in [6.07, 6.45) is -0.408. The van der Waals surface area contributed by atoms with Crippen molar-refractivity contribution >= 4 is 9.84 Å². The fourth-order valence-corrected chi connectivity index (χ4v) is 1.86. The Bertz CT molecular complexity index is 224. The monoisotopic (exact) mass is 209 g/mol. The maximum Gasteiger partial charge on any atom is 0.151 e. The van der Waals surface area contributed by atoms with Gasteiger partial charge >= 0.3 is 0 Å². The summed E-state index contributed by atoms with van der Waals surface area (Å²) >= 11 is 0. The van der Waals surface area contributed by atoms with Crippen LogP contribution in [0.3, 0.4) is 0 Å². The van der Waals surface area contributed by atoms with Gasteiger partial charge in [0.1, 0.15) is 0 Å². The molecule has 5 heteroatoms. The zero-order valence-corrected chi connectivity index (χ0v) is 9.34. The van der Waals surface area contributed by atoms with E-state index in [0.717, 1.165) is 0 Å². The molecule has 4 nitrogen and oxygen atoms in total. The molecular formula is C8H19NO3S. The van der Waals surface area contributed by atoms with Crippen molar-refractivity contribution < 1.29 is 13.5 Å². The van der Waals surface area contributed by atoms with Crippen molar-refractivity contribution in [1.82, 2.24) is 4.90 Å². The zero-order chi connectivity index (χ0) is 10.5. The molecule has 0 aliphatic rings. The molecule has 1 atom stereocenters. The van der Waals surface area contributed by atoms with Crippen LogP contribution in [0.25, 0.3) is 0 Å². The lowest BCUT2D eigenvalue weighted by Crippen LogP contribution is -2.31. The number of nitrogens with zero attached hydrogens (tertiary/aromatic N) is 1. The molecule has 1 N–H and O–H groups in total. The van der Waals surface area contributed by atoms with Gasteiger partial charge in [-0.2, -0.15) is 0 Å². The van der Waals surface area contributed by atoms with Gasteiger partial charge in [-0.25, -0.2) is 8.42 Å². The summed E-state index contributed by atoms with van der Waals surface area (Å²) in [6.45, 7) is 4.33. The van der Waals surface area contributed by atoms with Crippen LogP contribution in [0.4, 0.5) is 0 Å². The minimum absolute atomic E-state index is 0.173. The first-order valence-electron chi connectivity index (χ1n) is 4.44. The highest BCUT2D eigenvalue weighted by molar-refractivity contribution is 7.91. The predicted molar refractivity (Wildman–Crippen MR) is 53.5 cm³/mol. The Balaban J connectivity index is 3.77. The predicted octanol–water partition coefficient (Wildman–Crippen LogP) is -0.266. The summed E-state index contributed by atoms with van der Waals surface area (Å²) in [7, 11) is -1.07. The normalized spacial score (nSPS) is 14.8. The highest BCUT2D eigenvalue weighted by Gasteiger charge is 2.09. The van der Waals surface area contributed by atoms with Crippen molar-refractivity contribution in [3.05, 3.63) is 0 Å². The van der Waals surface area contributed by atoms with Crippen LogP contribution in [0.15, 0.2) is 0 Å². The van der Waals surface area contributed by atoms with E-state index in [0.29, 0.717) is 13.1 Å². The molecule has 0 aliphatic carbocycles. The molecule has 0 saturated carbocycles. The average molecular weight is 209 g/mol. The molecule has 0 fully saturated rings.